The van der Waals surface area contributed by atoms with E-state index in [9.17, 15) is 35.1 Å². The minimum atomic E-state index is -0.561. The Morgan fingerprint density at radius 3 is 1.06 bits per heavy atom. The minimum absolute atomic E-state index is 0.188. The van der Waals surface area contributed by atoms with Gasteiger partial charge < -0.3 is 104 Å². The first-order chi connectivity index (χ1) is 63.4. The van der Waals surface area contributed by atoms with Crippen LogP contribution in [0.25, 0.3) is 0 Å². The van der Waals surface area contributed by atoms with Crippen LogP contribution in [0.3, 0.4) is 0 Å². The lowest BCUT2D eigenvalue weighted by Crippen LogP contribution is -2.32. The Kier molecular flexibility index (Phi) is 36.4. The summed E-state index contributed by atoms with van der Waals surface area (Å²) in [7, 11) is 24.1. The number of nitrogens with zero attached hydrogens (tertiary/aromatic N) is 26. The van der Waals surface area contributed by atoms with E-state index in [1.807, 2.05) is 74.9 Å². The number of anilines is 6. The van der Waals surface area contributed by atoms with Gasteiger partial charge in [-0.05, 0) is 221 Å². The van der Waals surface area contributed by atoms with Gasteiger partial charge in [-0.15, -0.1) is 0 Å². The number of pyridine rings is 4. The van der Waals surface area contributed by atoms with Crippen molar-refractivity contribution in [1.29, 1.82) is 0 Å². The van der Waals surface area contributed by atoms with E-state index in [-0.39, 0.29) is 23.0 Å². The topological polar surface area (TPSA) is 425 Å². The van der Waals surface area contributed by atoms with E-state index in [0.717, 1.165) is 149 Å². The largest absolute Gasteiger partial charge is 0.497 e. The number of benzene rings is 2. The van der Waals surface area contributed by atoms with Crippen LogP contribution in [0.2, 0.25) is 10.3 Å². The fourth-order valence-electron chi connectivity index (χ4n) is 14.1. The quantitative estimate of drug-likeness (QED) is 0.0190. The zero-order valence-corrected chi connectivity index (χ0v) is 81.7. The molecule has 46 heteroatoms. The van der Waals surface area contributed by atoms with Crippen LogP contribution in [0.5, 0.6) is 23.3 Å². The molecule has 0 bridgehead atoms. The molecule has 0 radical (unpaired) electrons. The fraction of sp³-hybridized carbons (Fsp3) is 0.395. The standard InChI is InChI=1S/C23H26N6O4S.C18H23IN4O2.C15H17ClN6O2S.C15H19ClN6S.C15H18N6O3S/c1-27(2)17-10-11-28(14-17)23-25-13-20(34-19-8-9-21(24-12-19)29(30)31)22(26-23)33-15-16-4-6-18(32-3)7-5-16;1-22(2)14-8-9-23(11-14)18-20-10-16(19)17(21-18)25-12-13-4-6-15(24-3)7-5-13;1-20(2)10-5-6-21(9-10)15-18-8-12(14(16)19-15)25-11-3-4-13(17-7-11)22(23)24;1-21(2)10-5-6-22(9-10)15-19-8-12(14(16)20-15)23-11-3-4-13(17)18-7-11;1-19(2)10-5-6-20(9-10)15-17-8-12(14(22)18-15)25-11-3-4-13(16-7-11)21(23)24/h4-9,12-13,17H,10-11,14-15H2,1-3H3;4-7,10,14H,8-9,11-12H2,1-3H3;3-4,7-8,10H,5-6,9H2,1-2H3;3-4,7-8,10H,5-6,9H2,1-2H3,(H2,17,18);3-4,7-8,10H,5-6,9H2,1-2H3,(H,17,18,22)/t17-;14-;3*10-/m11111/s1. The highest BCUT2D eigenvalue weighted by atomic mass is 127. The zero-order valence-electron chi connectivity index (χ0n) is 74.8. The predicted molar refractivity (Wildman–Crippen MR) is 520 cm³/mol. The molecule has 5 atom stereocenters. The molecular weight excluding hydrogens is 1930 g/mol. The highest BCUT2D eigenvalue weighted by Crippen LogP contribution is 2.39. The molecule has 14 heterocycles. The third kappa shape index (κ3) is 28.5. The molecule has 5 fully saturated rings. The fourth-order valence-corrected chi connectivity index (χ4v) is 18.0. The number of hydrogen-bond acceptors (Lipinski definition) is 39. The summed E-state index contributed by atoms with van der Waals surface area (Å²) in [5, 5.41) is 33.0. The van der Waals surface area contributed by atoms with Crippen LogP contribution in [0.15, 0.2) is 197 Å². The Balaban J connectivity index is 0.000000150. The van der Waals surface area contributed by atoms with Crippen molar-refractivity contribution in [3.8, 4) is 23.3 Å². The first kappa shape index (κ1) is 100.0. The molecule has 5 aliphatic heterocycles. The number of methoxy groups -OCH3 is 2. The Morgan fingerprint density at radius 2 is 0.727 bits per heavy atom. The third-order valence-corrected chi connectivity index (χ3v) is 27.4. The maximum Gasteiger partial charge on any atom is 0.363 e. The van der Waals surface area contributed by atoms with Gasteiger partial charge >= 0.3 is 17.5 Å². The summed E-state index contributed by atoms with van der Waals surface area (Å²) >= 11 is 20.2. The number of H-pyrrole nitrogens is 1. The number of halogens is 3. The third-order valence-electron chi connectivity index (χ3n) is 21.9. The molecular formula is C86H103Cl2IN28O11S4. The van der Waals surface area contributed by atoms with Crippen molar-refractivity contribution in [2.75, 3.05) is 180 Å². The molecule has 39 nitrogen and oxygen atoms in total. The smallest absolute Gasteiger partial charge is 0.363 e. The van der Waals surface area contributed by atoms with Gasteiger partial charge in [0, 0.05) is 144 Å². The monoisotopic (exact) mass is 2030 g/mol. The van der Waals surface area contributed by atoms with E-state index < -0.39 is 14.8 Å². The number of nitrogen functional groups attached to an aromatic ring is 1. The van der Waals surface area contributed by atoms with E-state index in [1.165, 1.54) is 90.0 Å². The molecule has 5 saturated heterocycles. The van der Waals surface area contributed by atoms with Crippen molar-refractivity contribution < 1.29 is 33.7 Å². The lowest BCUT2D eigenvalue weighted by molar-refractivity contribution is -0.389. The van der Waals surface area contributed by atoms with Crippen LogP contribution in [0.4, 0.5) is 53.0 Å². The minimum Gasteiger partial charge on any atom is -0.497 e. The number of aromatic amines is 1. The van der Waals surface area contributed by atoms with Crippen LogP contribution in [-0.2, 0) is 13.2 Å². The van der Waals surface area contributed by atoms with Crippen molar-refractivity contribution >= 4 is 146 Å². The van der Waals surface area contributed by atoms with Gasteiger partial charge in [-0.25, -0.2) is 29.9 Å². The van der Waals surface area contributed by atoms with Gasteiger partial charge in [-0.3, -0.25) is 9.78 Å². The van der Waals surface area contributed by atoms with Crippen LogP contribution in [0.1, 0.15) is 43.2 Å². The lowest BCUT2D eigenvalue weighted by Gasteiger charge is -2.21. The summed E-state index contributed by atoms with van der Waals surface area (Å²) in [5.74, 6) is 5.85. The number of ether oxygens (including phenoxy) is 4. The first-order valence-corrected chi connectivity index (χ1v) is 46.9. The number of nitrogens with one attached hydrogen (secondary N) is 1. The van der Waals surface area contributed by atoms with Crippen LogP contribution >= 0.6 is 92.8 Å². The van der Waals surface area contributed by atoms with Crippen LogP contribution in [0, 0.1) is 33.9 Å². The highest BCUT2D eigenvalue weighted by Gasteiger charge is 2.32. The molecule has 0 unspecified atom stereocenters. The second-order valence-corrected chi connectivity index (χ2v) is 38.2. The SMILES string of the molecule is CN(C)[C@@H]1CCN(c2ncc(Sc3ccc(N)nc3)c(Cl)n2)C1.CN(C)[C@@H]1CCN(c2ncc(Sc3ccc([N+](=O)[O-])nc3)c(=O)[nH]2)C1.CN(C)[C@@H]1CCN(c2ncc(Sc3ccc([N+](=O)[O-])nc3)c(Cl)n2)C1.COc1ccc(COc2nc(N3CC[C@@H](N(C)C)C3)ncc2I)cc1.COc1ccc(COc2nc(N3CC[C@@H](N(C)C)C3)ncc2Sc2ccc([N+](=O)[O-])nc2)cc1. The lowest BCUT2D eigenvalue weighted by atomic mass is 10.2. The number of hydrogen-bond donors (Lipinski definition) is 2. The normalized spacial score (nSPS) is 16.9. The Morgan fingerprint density at radius 1 is 0.409 bits per heavy atom. The van der Waals surface area contributed by atoms with Crippen molar-refractivity contribution in [2.24, 2.45) is 0 Å². The Bertz CT molecular complexity index is 5720. The molecule has 698 valence electrons. The molecule has 0 saturated carbocycles. The maximum atomic E-state index is 12.3. The van der Waals surface area contributed by atoms with Gasteiger partial charge in [0.05, 0.1) is 64.5 Å². The number of likely N-dealkylation sites (N-methyl/N-ethyl adjacent to an activating group) is 5. The molecule has 0 aliphatic carbocycles. The predicted octanol–water partition coefficient (Wildman–Crippen LogP) is 13.0. The van der Waals surface area contributed by atoms with Gasteiger partial charge in [0.15, 0.2) is 18.6 Å². The molecule has 0 amide bonds. The van der Waals surface area contributed by atoms with Crippen LogP contribution in [-0.4, -0.2) is 289 Å². The second-order valence-electron chi connectivity index (χ2n) is 31.9. The molecule has 9 aromatic heterocycles. The van der Waals surface area contributed by atoms with Gasteiger partial charge in [0.2, 0.25) is 41.5 Å². The summed E-state index contributed by atoms with van der Waals surface area (Å²) in [4.78, 5) is 129. The number of aromatic nitrogens is 14. The second kappa shape index (κ2) is 48.0. The van der Waals surface area contributed by atoms with Gasteiger partial charge in [-0.2, -0.15) is 19.9 Å². The van der Waals surface area contributed by atoms with Gasteiger partial charge in [-0.1, -0.05) is 94.5 Å². The van der Waals surface area contributed by atoms with Gasteiger partial charge in [0.1, 0.15) is 40.8 Å². The van der Waals surface area contributed by atoms with E-state index in [2.05, 4.69) is 193 Å². The van der Waals surface area contributed by atoms with Crippen molar-refractivity contribution in [1.82, 2.24) is 94.3 Å². The van der Waals surface area contributed by atoms with Crippen LogP contribution < -0.4 is 54.7 Å². The Hall–Kier alpha value is -11.1. The summed E-state index contributed by atoms with van der Waals surface area (Å²) in [6.45, 7) is 9.78. The molecule has 3 N–H and O–H groups in total. The molecule has 5 aliphatic rings. The van der Waals surface area contributed by atoms with E-state index in [1.54, 1.807) is 63.3 Å². The number of rotatable bonds is 29. The first-order valence-electron chi connectivity index (χ1n) is 41.8. The average Bonchev–Trinajstić information content (AvgIpc) is 1.57. The Labute approximate surface area is 804 Å². The average molecular weight is 2030 g/mol. The summed E-state index contributed by atoms with van der Waals surface area (Å²) in [6.07, 6.45) is 19.9. The highest BCUT2D eigenvalue weighted by molar-refractivity contribution is 14.1. The van der Waals surface area contributed by atoms with Crippen molar-refractivity contribution in [3.05, 3.63) is 219 Å². The zero-order chi connectivity index (χ0) is 94.2. The molecule has 2 aromatic carbocycles. The summed E-state index contributed by atoms with van der Waals surface area (Å²) in [5.41, 5.74) is 7.41. The van der Waals surface area contributed by atoms with Crippen molar-refractivity contribution in [2.45, 2.75) is 115 Å². The summed E-state index contributed by atoms with van der Waals surface area (Å²) < 4.78 is 23.4. The van der Waals surface area contributed by atoms with Crippen molar-refractivity contribution in [3.63, 3.8) is 0 Å². The van der Waals surface area contributed by atoms with Gasteiger partial charge in [0.25, 0.3) is 5.56 Å². The molecule has 132 heavy (non-hydrogen) atoms. The molecule has 0 spiro atoms. The van der Waals surface area contributed by atoms with E-state index >= 15 is 0 Å². The molecule has 11 aromatic rings. The van der Waals surface area contributed by atoms with E-state index in [4.69, 9.17) is 52.9 Å². The number of nitro groups is 3. The molecule has 16 rings (SSSR count). The number of nitrogens with two attached hydrogens (primary N) is 1. The summed E-state index contributed by atoms with van der Waals surface area (Å²) in [6, 6.07) is 30.5. The van der Waals surface area contributed by atoms with E-state index in [0.29, 0.717) is 115 Å². The maximum absolute atomic E-state index is 12.3.